The molecule has 0 aliphatic rings. The van der Waals surface area contributed by atoms with Gasteiger partial charge >= 0.3 is 0 Å². The molecule has 2 aromatic rings. The number of hydrogen-bond acceptors (Lipinski definition) is 2. The van der Waals surface area contributed by atoms with E-state index in [1.54, 1.807) is 14.2 Å². The average molecular weight is 300 g/mol. The van der Waals surface area contributed by atoms with Crippen molar-refractivity contribution < 1.29 is 14.8 Å². The van der Waals surface area contributed by atoms with Crippen LogP contribution in [0.25, 0.3) is 0 Å². The van der Waals surface area contributed by atoms with Crippen molar-refractivity contribution >= 4 is 0 Å². The predicted molar refractivity (Wildman–Crippen MR) is 89.4 cm³/mol. The van der Waals surface area contributed by atoms with Crippen LogP contribution >= 0.6 is 0 Å². The summed E-state index contributed by atoms with van der Waals surface area (Å²) in [6.07, 6.45) is 2.27. The summed E-state index contributed by atoms with van der Waals surface area (Å²) in [5.41, 5.74) is 2.70. The Morgan fingerprint density at radius 1 is 0.818 bits per heavy atom. The first-order valence-corrected chi connectivity index (χ1v) is 7.80. The van der Waals surface area contributed by atoms with Gasteiger partial charge in [0, 0.05) is 12.0 Å². The highest BCUT2D eigenvalue weighted by Gasteiger charge is 2.06. The third-order valence-corrected chi connectivity index (χ3v) is 3.96. The number of hydrogen-bond donors (Lipinski definition) is 1. The monoisotopic (exact) mass is 300 g/mol. The Bertz CT molecular complexity index is 497. The molecular weight excluding hydrogens is 274 g/mol. The van der Waals surface area contributed by atoms with Crippen molar-refractivity contribution in [3.63, 3.8) is 0 Å². The molecule has 0 heterocycles. The molecule has 0 spiro atoms. The van der Waals surface area contributed by atoms with Gasteiger partial charge in [-0.25, -0.2) is 0 Å². The number of benzene rings is 2. The summed E-state index contributed by atoms with van der Waals surface area (Å²) >= 11 is 0. The zero-order valence-corrected chi connectivity index (χ0v) is 13.7. The maximum Gasteiger partial charge on any atom is 0.118 e. The van der Waals surface area contributed by atoms with Crippen LogP contribution in [0.3, 0.4) is 0 Å². The van der Waals surface area contributed by atoms with E-state index in [1.807, 2.05) is 24.3 Å². The van der Waals surface area contributed by atoms with Crippen molar-refractivity contribution in [3.05, 3.63) is 59.7 Å². The predicted octanol–water partition coefficient (Wildman–Crippen LogP) is 2.79. The molecule has 2 rings (SSSR count). The first-order chi connectivity index (χ1) is 10.7. The van der Waals surface area contributed by atoms with Gasteiger partial charge in [0.05, 0.1) is 20.3 Å². The van der Waals surface area contributed by atoms with Crippen molar-refractivity contribution in [2.75, 3.05) is 14.2 Å². The second-order valence-corrected chi connectivity index (χ2v) is 5.65. The smallest absolute Gasteiger partial charge is 0.118 e. The number of nitrogens with two attached hydrogens (primary N) is 1. The van der Waals surface area contributed by atoms with Crippen molar-refractivity contribution in [2.45, 2.75) is 32.4 Å². The van der Waals surface area contributed by atoms with Crippen LogP contribution in [0.1, 0.15) is 24.5 Å². The summed E-state index contributed by atoms with van der Waals surface area (Å²) in [5.74, 6) is 1.83. The fraction of sp³-hybridized carbons (Fsp3) is 0.368. The van der Waals surface area contributed by atoms with E-state index in [-0.39, 0.29) is 0 Å². The van der Waals surface area contributed by atoms with Gasteiger partial charge in [-0.15, -0.1) is 0 Å². The van der Waals surface area contributed by atoms with Gasteiger partial charge in [-0.2, -0.15) is 0 Å². The lowest BCUT2D eigenvalue weighted by Gasteiger charge is -2.11. The highest BCUT2D eigenvalue weighted by Crippen LogP contribution is 2.13. The Morgan fingerprint density at radius 2 is 1.32 bits per heavy atom. The standard InChI is InChI=1S/C19H25NO2/c1-15(4-5-16-6-10-18(21-2)11-7-16)20-14-17-8-12-19(22-3)13-9-17/h6-13,15,20H,4-5,14H2,1-3H3/p+1/t15-/m1/s1. The van der Waals surface area contributed by atoms with Gasteiger partial charge in [0.1, 0.15) is 18.0 Å². The lowest BCUT2D eigenvalue weighted by molar-refractivity contribution is -0.701. The molecule has 0 saturated carbocycles. The van der Waals surface area contributed by atoms with E-state index in [2.05, 4.69) is 36.5 Å². The van der Waals surface area contributed by atoms with Crippen LogP contribution in [-0.2, 0) is 13.0 Å². The summed E-state index contributed by atoms with van der Waals surface area (Å²) < 4.78 is 10.4. The quantitative estimate of drug-likeness (QED) is 0.813. The number of rotatable bonds is 8. The largest absolute Gasteiger partial charge is 0.497 e. The molecule has 3 nitrogen and oxygen atoms in total. The molecular formula is C19H26NO2+. The topological polar surface area (TPSA) is 35.1 Å². The summed E-state index contributed by atoms with van der Waals surface area (Å²) in [4.78, 5) is 0. The van der Waals surface area contributed by atoms with Crippen molar-refractivity contribution in [2.24, 2.45) is 0 Å². The van der Waals surface area contributed by atoms with E-state index in [1.165, 1.54) is 17.5 Å². The van der Waals surface area contributed by atoms with Gasteiger partial charge in [-0.1, -0.05) is 12.1 Å². The fourth-order valence-corrected chi connectivity index (χ4v) is 2.40. The number of quaternary nitrogens is 1. The van der Waals surface area contributed by atoms with Gasteiger partial charge in [-0.3, -0.25) is 0 Å². The molecule has 0 bridgehead atoms. The molecule has 0 aliphatic carbocycles. The second kappa shape index (κ2) is 8.44. The van der Waals surface area contributed by atoms with E-state index in [4.69, 9.17) is 9.47 Å². The summed E-state index contributed by atoms with van der Waals surface area (Å²) in [5, 5.41) is 2.39. The van der Waals surface area contributed by atoms with Gasteiger partial charge in [0.2, 0.25) is 0 Å². The first-order valence-electron chi connectivity index (χ1n) is 7.80. The Morgan fingerprint density at radius 3 is 1.82 bits per heavy atom. The minimum Gasteiger partial charge on any atom is -0.497 e. The Labute approximate surface area is 133 Å². The lowest BCUT2D eigenvalue weighted by atomic mass is 10.1. The lowest BCUT2D eigenvalue weighted by Crippen LogP contribution is -2.87. The zero-order chi connectivity index (χ0) is 15.8. The van der Waals surface area contributed by atoms with E-state index < -0.39 is 0 Å². The van der Waals surface area contributed by atoms with Crippen molar-refractivity contribution in [1.29, 1.82) is 0 Å². The molecule has 0 fully saturated rings. The van der Waals surface area contributed by atoms with Crippen LogP contribution < -0.4 is 14.8 Å². The van der Waals surface area contributed by atoms with Gasteiger partial charge in [-0.05, 0) is 55.3 Å². The van der Waals surface area contributed by atoms with Crippen LogP contribution in [-0.4, -0.2) is 20.3 Å². The van der Waals surface area contributed by atoms with Crippen LogP contribution in [0.2, 0.25) is 0 Å². The molecule has 2 aromatic carbocycles. The highest BCUT2D eigenvalue weighted by molar-refractivity contribution is 5.27. The number of methoxy groups -OCH3 is 2. The van der Waals surface area contributed by atoms with E-state index >= 15 is 0 Å². The number of aryl methyl sites for hydroxylation is 1. The molecule has 1 atom stereocenters. The van der Waals surface area contributed by atoms with Gasteiger partial charge < -0.3 is 14.8 Å². The van der Waals surface area contributed by atoms with Crippen LogP contribution in [0, 0.1) is 0 Å². The Kier molecular flexibility index (Phi) is 6.28. The van der Waals surface area contributed by atoms with E-state index in [0.29, 0.717) is 6.04 Å². The molecule has 22 heavy (non-hydrogen) atoms. The molecule has 2 N–H and O–H groups in total. The maximum absolute atomic E-state index is 5.18. The fourth-order valence-electron chi connectivity index (χ4n) is 2.40. The third-order valence-electron chi connectivity index (χ3n) is 3.96. The second-order valence-electron chi connectivity index (χ2n) is 5.65. The van der Waals surface area contributed by atoms with Gasteiger partial charge in [0.25, 0.3) is 0 Å². The van der Waals surface area contributed by atoms with E-state index in [9.17, 15) is 0 Å². The Hall–Kier alpha value is -2.00. The minimum atomic E-state index is 0.601. The SMILES string of the molecule is COc1ccc(CC[C@@H](C)[NH2+]Cc2ccc(OC)cc2)cc1. The van der Waals surface area contributed by atoms with Crippen LogP contribution in [0.5, 0.6) is 11.5 Å². The molecule has 0 saturated heterocycles. The highest BCUT2D eigenvalue weighted by atomic mass is 16.5. The van der Waals surface area contributed by atoms with Crippen LogP contribution in [0.15, 0.2) is 48.5 Å². The third kappa shape index (κ3) is 5.08. The maximum atomic E-state index is 5.18. The summed E-state index contributed by atoms with van der Waals surface area (Å²) in [6, 6.07) is 17.3. The zero-order valence-electron chi connectivity index (χ0n) is 13.7. The molecule has 0 unspecified atom stereocenters. The summed E-state index contributed by atoms with van der Waals surface area (Å²) in [7, 11) is 3.40. The molecule has 0 aromatic heterocycles. The average Bonchev–Trinajstić information content (AvgIpc) is 2.59. The van der Waals surface area contributed by atoms with E-state index in [0.717, 1.165) is 24.5 Å². The molecule has 0 aliphatic heterocycles. The minimum absolute atomic E-state index is 0.601. The molecule has 0 amide bonds. The molecule has 118 valence electrons. The first kappa shape index (κ1) is 16.4. The normalized spacial score (nSPS) is 12.0. The molecule has 0 radical (unpaired) electrons. The van der Waals surface area contributed by atoms with Crippen molar-refractivity contribution in [1.82, 2.24) is 0 Å². The summed E-state index contributed by atoms with van der Waals surface area (Å²) in [6.45, 7) is 3.29. The molecule has 3 heteroatoms. The van der Waals surface area contributed by atoms with Crippen molar-refractivity contribution in [3.8, 4) is 11.5 Å². The Balaban J connectivity index is 1.73. The number of ether oxygens (including phenoxy) is 2. The van der Waals surface area contributed by atoms with Gasteiger partial charge in [0.15, 0.2) is 0 Å². The van der Waals surface area contributed by atoms with Crippen LogP contribution in [0.4, 0.5) is 0 Å².